The summed E-state index contributed by atoms with van der Waals surface area (Å²) < 4.78 is 27.2. The Kier molecular flexibility index (Phi) is 7.05. The van der Waals surface area contributed by atoms with E-state index in [0.717, 1.165) is 25.1 Å². The van der Waals surface area contributed by atoms with E-state index in [1.54, 1.807) is 41.8 Å². The molecule has 3 N–H and O–H groups in total. The van der Waals surface area contributed by atoms with Crippen LogP contribution in [0.3, 0.4) is 0 Å². The van der Waals surface area contributed by atoms with E-state index in [0.29, 0.717) is 24.6 Å². The van der Waals surface area contributed by atoms with Crippen LogP contribution in [0.1, 0.15) is 12.0 Å². The highest BCUT2D eigenvalue weighted by atomic mass is 35.5. The van der Waals surface area contributed by atoms with Crippen LogP contribution in [-0.4, -0.2) is 38.9 Å². The first-order valence-electron chi connectivity index (χ1n) is 8.11. The average molecular weight is 416 g/mol. The lowest BCUT2D eigenvalue weighted by Crippen LogP contribution is -2.31. The van der Waals surface area contributed by atoms with Gasteiger partial charge in [-0.3, -0.25) is 9.52 Å². The highest BCUT2D eigenvalue weighted by molar-refractivity contribution is 7.94. The SMILES string of the molecule is Cl.NCC1CCN(C(=O)Cc2ccc(NS(=O)(=O)c3cccs3)cc2)C1. The first-order valence-corrected chi connectivity index (χ1v) is 10.5. The summed E-state index contributed by atoms with van der Waals surface area (Å²) in [5.74, 6) is 0.487. The molecule has 1 fully saturated rings. The van der Waals surface area contributed by atoms with E-state index < -0.39 is 10.0 Å². The maximum absolute atomic E-state index is 12.3. The molecular weight excluding hydrogens is 394 g/mol. The van der Waals surface area contributed by atoms with Crippen LogP contribution >= 0.6 is 23.7 Å². The van der Waals surface area contributed by atoms with Gasteiger partial charge in [0.2, 0.25) is 5.91 Å². The van der Waals surface area contributed by atoms with E-state index in [-0.39, 0.29) is 22.5 Å². The lowest BCUT2D eigenvalue weighted by molar-refractivity contribution is -0.129. The topological polar surface area (TPSA) is 92.5 Å². The van der Waals surface area contributed by atoms with Crippen molar-refractivity contribution in [1.29, 1.82) is 0 Å². The van der Waals surface area contributed by atoms with Gasteiger partial charge in [0, 0.05) is 18.8 Å². The van der Waals surface area contributed by atoms with E-state index in [1.807, 2.05) is 4.90 Å². The number of carbonyl (C=O) groups is 1. The number of nitrogens with one attached hydrogen (secondary N) is 1. The molecule has 1 unspecified atom stereocenters. The molecule has 1 aromatic heterocycles. The van der Waals surface area contributed by atoms with Crippen LogP contribution < -0.4 is 10.5 Å². The van der Waals surface area contributed by atoms with E-state index >= 15 is 0 Å². The normalized spacial score (nSPS) is 17.0. The second kappa shape index (κ2) is 8.85. The van der Waals surface area contributed by atoms with Crippen LogP contribution in [0.4, 0.5) is 5.69 Å². The second-order valence-corrected chi connectivity index (χ2v) is 9.00. The zero-order valence-electron chi connectivity index (χ0n) is 14.1. The molecule has 0 saturated carbocycles. The molecule has 6 nitrogen and oxygen atoms in total. The Labute approximate surface area is 163 Å². The molecule has 0 radical (unpaired) electrons. The molecule has 3 rings (SSSR count). The van der Waals surface area contributed by atoms with Gasteiger partial charge < -0.3 is 10.6 Å². The third kappa shape index (κ3) is 4.97. The van der Waals surface area contributed by atoms with Crippen LogP contribution in [-0.2, 0) is 21.2 Å². The Balaban J connectivity index is 0.00000243. The van der Waals surface area contributed by atoms with Gasteiger partial charge in [0.1, 0.15) is 4.21 Å². The predicted octanol–water partition coefficient (Wildman–Crippen LogP) is 2.32. The number of benzene rings is 1. The molecule has 0 bridgehead atoms. The van der Waals surface area contributed by atoms with Gasteiger partial charge in [-0.05, 0) is 48.0 Å². The number of halogens is 1. The minimum absolute atomic E-state index is 0. The van der Waals surface area contributed by atoms with Crippen molar-refractivity contribution in [2.45, 2.75) is 17.1 Å². The van der Waals surface area contributed by atoms with Crippen molar-refractivity contribution in [3.8, 4) is 0 Å². The van der Waals surface area contributed by atoms with E-state index in [1.165, 1.54) is 11.3 Å². The Hall–Kier alpha value is -1.61. The molecule has 0 spiro atoms. The van der Waals surface area contributed by atoms with Gasteiger partial charge in [-0.25, -0.2) is 8.42 Å². The first kappa shape index (κ1) is 20.7. The number of amides is 1. The number of sulfonamides is 1. The second-order valence-electron chi connectivity index (χ2n) is 6.14. The number of thiophene rings is 1. The van der Waals surface area contributed by atoms with Crippen molar-refractivity contribution in [1.82, 2.24) is 4.90 Å². The molecule has 142 valence electrons. The quantitative estimate of drug-likeness (QED) is 0.757. The van der Waals surface area contributed by atoms with Crippen molar-refractivity contribution in [3.63, 3.8) is 0 Å². The van der Waals surface area contributed by atoms with E-state index in [2.05, 4.69) is 4.72 Å². The molecule has 9 heteroatoms. The zero-order valence-corrected chi connectivity index (χ0v) is 16.6. The van der Waals surface area contributed by atoms with Crippen molar-refractivity contribution >= 4 is 45.4 Å². The monoisotopic (exact) mass is 415 g/mol. The summed E-state index contributed by atoms with van der Waals surface area (Å²) in [6.07, 6.45) is 1.28. The third-order valence-corrected chi connectivity index (χ3v) is 7.07. The molecule has 1 amide bonds. The predicted molar refractivity (Wildman–Crippen MR) is 106 cm³/mol. The van der Waals surface area contributed by atoms with Crippen LogP contribution in [0.2, 0.25) is 0 Å². The molecule has 26 heavy (non-hydrogen) atoms. The fourth-order valence-electron chi connectivity index (χ4n) is 2.85. The number of nitrogens with two attached hydrogens (primary N) is 1. The Bertz CT molecular complexity index is 823. The number of likely N-dealkylation sites (tertiary alicyclic amines) is 1. The minimum atomic E-state index is -3.55. The summed E-state index contributed by atoms with van der Waals surface area (Å²) in [5, 5.41) is 1.72. The van der Waals surface area contributed by atoms with Gasteiger partial charge in [0.15, 0.2) is 0 Å². The number of hydrogen-bond donors (Lipinski definition) is 2. The number of carbonyl (C=O) groups excluding carboxylic acids is 1. The maximum Gasteiger partial charge on any atom is 0.271 e. The van der Waals surface area contributed by atoms with Gasteiger partial charge in [-0.2, -0.15) is 0 Å². The molecule has 1 saturated heterocycles. The number of nitrogens with zero attached hydrogens (tertiary/aromatic N) is 1. The zero-order chi connectivity index (χ0) is 17.9. The van der Waals surface area contributed by atoms with E-state index in [9.17, 15) is 13.2 Å². The molecule has 2 aromatic rings. The summed E-state index contributed by atoms with van der Waals surface area (Å²) in [6, 6.07) is 10.2. The summed E-state index contributed by atoms with van der Waals surface area (Å²) in [7, 11) is -3.55. The molecule has 1 aliphatic heterocycles. The summed E-state index contributed by atoms with van der Waals surface area (Å²) in [5.41, 5.74) is 7.00. The summed E-state index contributed by atoms with van der Waals surface area (Å²) in [4.78, 5) is 14.2. The number of hydrogen-bond acceptors (Lipinski definition) is 5. The molecule has 0 aliphatic carbocycles. The van der Waals surface area contributed by atoms with Gasteiger partial charge in [-0.15, -0.1) is 23.7 Å². The van der Waals surface area contributed by atoms with Crippen LogP contribution in [0.5, 0.6) is 0 Å². The molecular formula is C17H22ClN3O3S2. The highest BCUT2D eigenvalue weighted by Crippen LogP contribution is 2.21. The highest BCUT2D eigenvalue weighted by Gasteiger charge is 2.25. The van der Waals surface area contributed by atoms with Crippen molar-refractivity contribution < 1.29 is 13.2 Å². The lowest BCUT2D eigenvalue weighted by Gasteiger charge is -2.16. The van der Waals surface area contributed by atoms with Crippen LogP contribution in [0, 0.1) is 5.92 Å². The van der Waals surface area contributed by atoms with Crippen molar-refractivity contribution in [2.24, 2.45) is 11.7 Å². The van der Waals surface area contributed by atoms with Gasteiger partial charge in [0.05, 0.1) is 6.42 Å². The standard InChI is InChI=1S/C17H21N3O3S2.ClH/c18-11-14-7-8-20(12-14)16(21)10-13-3-5-15(6-4-13)19-25(22,23)17-2-1-9-24-17;/h1-6,9,14,19H,7-8,10-12,18H2;1H. The smallest absolute Gasteiger partial charge is 0.271 e. The molecule has 2 heterocycles. The molecule has 1 atom stereocenters. The third-order valence-electron chi connectivity index (χ3n) is 4.29. The Morgan fingerprint density at radius 2 is 2.00 bits per heavy atom. The van der Waals surface area contributed by atoms with Gasteiger partial charge in [-0.1, -0.05) is 18.2 Å². The Morgan fingerprint density at radius 1 is 1.27 bits per heavy atom. The number of rotatable bonds is 6. The minimum Gasteiger partial charge on any atom is -0.342 e. The maximum atomic E-state index is 12.3. The molecule has 1 aliphatic rings. The number of anilines is 1. The van der Waals surface area contributed by atoms with Crippen molar-refractivity contribution in [2.75, 3.05) is 24.4 Å². The fraction of sp³-hybridized carbons (Fsp3) is 0.353. The average Bonchev–Trinajstić information content (AvgIpc) is 3.28. The van der Waals surface area contributed by atoms with Crippen LogP contribution in [0.15, 0.2) is 46.0 Å². The van der Waals surface area contributed by atoms with Gasteiger partial charge >= 0.3 is 0 Å². The Morgan fingerprint density at radius 3 is 2.58 bits per heavy atom. The summed E-state index contributed by atoms with van der Waals surface area (Å²) >= 11 is 1.17. The van der Waals surface area contributed by atoms with Crippen molar-refractivity contribution in [3.05, 3.63) is 47.3 Å². The largest absolute Gasteiger partial charge is 0.342 e. The first-order chi connectivity index (χ1) is 12.0. The lowest BCUT2D eigenvalue weighted by atomic mass is 10.1. The van der Waals surface area contributed by atoms with Gasteiger partial charge in [0.25, 0.3) is 10.0 Å². The van der Waals surface area contributed by atoms with Crippen LogP contribution in [0.25, 0.3) is 0 Å². The fourth-order valence-corrected chi connectivity index (χ4v) is 4.90. The molecule has 1 aromatic carbocycles. The summed E-state index contributed by atoms with van der Waals surface area (Å²) in [6.45, 7) is 2.11. The van der Waals surface area contributed by atoms with E-state index in [4.69, 9.17) is 5.73 Å².